The zero-order valence-electron chi connectivity index (χ0n) is 10.2. The van der Waals surface area contributed by atoms with E-state index in [1.165, 1.54) is 4.90 Å². The van der Waals surface area contributed by atoms with E-state index in [0.717, 1.165) is 22.9 Å². The number of hydrogen-bond donors (Lipinski definition) is 1. The van der Waals surface area contributed by atoms with Crippen molar-refractivity contribution >= 4 is 17.6 Å². The van der Waals surface area contributed by atoms with E-state index >= 15 is 0 Å². The van der Waals surface area contributed by atoms with Crippen molar-refractivity contribution in [2.24, 2.45) is 0 Å². The summed E-state index contributed by atoms with van der Waals surface area (Å²) in [6.07, 6.45) is 2.07. The normalized spacial score (nSPS) is 10.3. The third-order valence-corrected chi connectivity index (χ3v) is 3.20. The number of rotatable bonds is 3. The van der Waals surface area contributed by atoms with Crippen molar-refractivity contribution in [1.29, 1.82) is 0 Å². The Balaban J connectivity index is 2.41. The number of nitrogens with one attached hydrogen (secondary N) is 1. The van der Waals surface area contributed by atoms with Gasteiger partial charge in [0.2, 0.25) is 0 Å². The summed E-state index contributed by atoms with van der Waals surface area (Å²) in [6, 6.07) is 10.2. The lowest BCUT2D eigenvalue weighted by atomic mass is 10.2. The predicted octanol–water partition coefficient (Wildman–Crippen LogP) is 3.22. The van der Waals surface area contributed by atoms with Gasteiger partial charge in [-0.15, -0.1) is 11.8 Å². The first-order chi connectivity index (χ1) is 8.22. The molecule has 0 saturated carbocycles. The van der Waals surface area contributed by atoms with Gasteiger partial charge >= 0.3 is 0 Å². The van der Waals surface area contributed by atoms with E-state index < -0.39 is 0 Å². The maximum Gasteiger partial charge on any atom is 0.161 e. The highest BCUT2D eigenvalue weighted by atomic mass is 32.2. The molecule has 0 saturated heterocycles. The van der Waals surface area contributed by atoms with Crippen LogP contribution in [0.3, 0.4) is 0 Å². The Bertz CT molecular complexity index is 509. The number of hydrogen-bond acceptors (Lipinski definition) is 4. The molecule has 2 aromatic rings. The first kappa shape index (κ1) is 11.9. The zero-order valence-corrected chi connectivity index (χ0v) is 11.0. The van der Waals surface area contributed by atoms with Crippen LogP contribution in [0.5, 0.6) is 0 Å². The maximum atomic E-state index is 4.45. The SMILES string of the molecule is CNc1cc(C)nc(-c2ccc(SC)cc2)n1. The van der Waals surface area contributed by atoms with Gasteiger partial charge in [0.25, 0.3) is 0 Å². The highest BCUT2D eigenvalue weighted by molar-refractivity contribution is 7.98. The lowest BCUT2D eigenvalue weighted by molar-refractivity contribution is 1.11. The van der Waals surface area contributed by atoms with Gasteiger partial charge in [0.05, 0.1) is 0 Å². The van der Waals surface area contributed by atoms with Gasteiger partial charge in [0.15, 0.2) is 5.82 Å². The molecule has 3 nitrogen and oxygen atoms in total. The molecule has 1 aromatic heterocycles. The summed E-state index contributed by atoms with van der Waals surface area (Å²) >= 11 is 1.73. The van der Waals surface area contributed by atoms with Gasteiger partial charge in [0, 0.05) is 29.3 Å². The van der Waals surface area contributed by atoms with Gasteiger partial charge < -0.3 is 5.32 Å². The molecule has 0 bridgehead atoms. The van der Waals surface area contributed by atoms with E-state index in [1.807, 2.05) is 20.0 Å². The molecule has 1 N–H and O–H groups in total. The predicted molar refractivity (Wildman–Crippen MR) is 73.5 cm³/mol. The lowest BCUT2D eigenvalue weighted by Gasteiger charge is -2.06. The van der Waals surface area contributed by atoms with Crippen molar-refractivity contribution in [2.45, 2.75) is 11.8 Å². The second-order valence-electron chi connectivity index (χ2n) is 3.70. The molecule has 1 aromatic carbocycles. The standard InChI is InChI=1S/C13H15N3S/c1-9-8-12(14-2)16-13(15-9)10-4-6-11(17-3)7-5-10/h4-8H,1-3H3,(H,14,15,16). The Hall–Kier alpha value is -1.55. The Kier molecular flexibility index (Phi) is 3.64. The van der Waals surface area contributed by atoms with E-state index in [2.05, 4.69) is 45.8 Å². The minimum atomic E-state index is 0.766. The summed E-state index contributed by atoms with van der Waals surface area (Å²) < 4.78 is 0. The van der Waals surface area contributed by atoms with Crippen LogP contribution >= 0.6 is 11.8 Å². The molecule has 0 spiro atoms. The lowest BCUT2D eigenvalue weighted by Crippen LogP contribution is -1.98. The number of aryl methyl sites for hydroxylation is 1. The minimum absolute atomic E-state index is 0.766. The van der Waals surface area contributed by atoms with E-state index in [-0.39, 0.29) is 0 Å². The smallest absolute Gasteiger partial charge is 0.161 e. The van der Waals surface area contributed by atoms with Gasteiger partial charge in [-0.2, -0.15) is 0 Å². The number of benzene rings is 1. The van der Waals surface area contributed by atoms with Crippen LogP contribution in [0.4, 0.5) is 5.82 Å². The Morgan fingerprint density at radius 1 is 1.12 bits per heavy atom. The molecule has 0 radical (unpaired) electrons. The second-order valence-corrected chi connectivity index (χ2v) is 4.58. The van der Waals surface area contributed by atoms with Crippen molar-refractivity contribution in [3.8, 4) is 11.4 Å². The number of anilines is 1. The Morgan fingerprint density at radius 3 is 2.41 bits per heavy atom. The van der Waals surface area contributed by atoms with Crippen molar-refractivity contribution in [2.75, 3.05) is 18.6 Å². The first-order valence-corrected chi connectivity index (χ1v) is 6.63. The molecule has 0 amide bonds. The van der Waals surface area contributed by atoms with Crippen molar-refractivity contribution in [1.82, 2.24) is 9.97 Å². The van der Waals surface area contributed by atoms with Crippen molar-refractivity contribution in [3.63, 3.8) is 0 Å². The molecule has 0 atom stereocenters. The van der Waals surface area contributed by atoms with Gasteiger partial charge in [-0.3, -0.25) is 0 Å². The quantitative estimate of drug-likeness (QED) is 0.843. The molecule has 0 aliphatic rings. The highest BCUT2D eigenvalue weighted by Gasteiger charge is 2.04. The van der Waals surface area contributed by atoms with Gasteiger partial charge in [0.1, 0.15) is 5.82 Å². The summed E-state index contributed by atoms with van der Waals surface area (Å²) in [5.74, 6) is 1.61. The molecule has 0 fully saturated rings. The van der Waals surface area contributed by atoms with E-state index in [1.54, 1.807) is 11.8 Å². The monoisotopic (exact) mass is 245 g/mol. The minimum Gasteiger partial charge on any atom is -0.373 e. The summed E-state index contributed by atoms with van der Waals surface area (Å²) in [5.41, 5.74) is 2.01. The fourth-order valence-corrected chi connectivity index (χ4v) is 1.97. The number of thioether (sulfide) groups is 1. The number of aromatic nitrogens is 2. The van der Waals surface area contributed by atoms with Crippen molar-refractivity contribution < 1.29 is 0 Å². The molecule has 1 heterocycles. The van der Waals surface area contributed by atoms with Gasteiger partial charge in [-0.1, -0.05) is 12.1 Å². The molecule has 0 aliphatic heterocycles. The first-order valence-electron chi connectivity index (χ1n) is 5.41. The van der Waals surface area contributed by atoms with Crippen LogP contribution in [0.1, 0.15) is 5.69 Å². The topological polar surface area (TPSA) is 37.8 Å². The maximum absolute atomic E-state index is 4.45. The molecular formula is C13H15N3S. The highest BCUT2D eigenvalue weighted by Crippen LogP contribution is 2.21. The summed E-state index contributed by atoms with van der Waals surface area (Å²) in [6.45, 7) is 1.97. The third kappa shape index (κ3) is 2.77. The van der Waals surface area contributed by atoms with Crippen LogP contribution in [-0.2, 0) is 0 Å². The zero-order chi connectivity index (χ0) is 12.3. The van der Waals surface area contributed by atoms with Crippen LogP contribution in [0.2, 0.25) is 0 Å². The molecule has 4 heteroatoms. The average Bonchev–Trinajstić information content (AvgIpc) is 2.38. The Labute approximate surface area is 106 Å². The van der Waals surface area contributed by atoms with Crippen LogP contribution in [-0.4, -0.2) is 23.3 Å². The number of nitrogens with zero attached hydrogens (tertiary/aromatic N) is 2. The Morgan fingerprint density at radius 2 is 1.82 bits per heavy atom. The van der Waals surface area contributed by atoms with Crippen LogP contribution < -0.4 is 5.32 Å². The fourth-order valence-electron chi connectivity index (χ4n) is 1.57. The summed E-state index contributed by atoms with van der Waals surface area (Å²) in [5, 5.41) is 3.05. The molecule has 0 aliphatic carbocycles. The molecule has 88 valence electrons. The second kappa shape index (κ2) is 5.19. The van der Waals surface area contributed by atoms with Gasteiger partial charge in [-0.05, 0) is 25.3 Å². The van der Waals surface area contributed by atoms with E-state index in [0.29, 0.717) is 0 Å². The average molecular weight is 245 g/mol. The van der Waals surface area contributed by atoms with Crippen LogP contribution in [0.25, 0.3) is 11.4 Å². The molecule has 17 heavy (non-hydrogen) atoms. The molecule has 0 unspecified atom stereocenters. The van der Waals surface area contributed by atoms with Crippen LogP contribution in [0, 0.1) is 6.92 Å². The molecule has 2 rings (SSSR count). The van der Waals surface area contributed by atoms with Crippen molar-refractivity contribution in [3.05, 3.63) is 36.0 Å². The summed E-state index contributed by atoms with van der Waals surface area (Å²) in [7, 11) is 1.86. The largest absolute Gasteiger partial charge is 0.373 e. The van der Waals surface area contributed by atoms with Gasteiger partial charge in [-0.25, -0.2) is 9.97 Å². The van der Waals surface area contributed by atoms with Crippen LogP contribution in [0.15, 0.2) is 35.2 Å². The van der Waals surface area contributed by atoms with E-state index in [4.69, 9.17) is 0 Å². The molecular weight excluding hydrogens is 230 g/mol. The van der Waals surface area contributed by atoms with E-state index in [9.17, 15) is 0 Å². The fraction of sp³-hybridized carbons (Fsp3) is 0.231. The third-order valence-electron chi connectivity index (χ3n) is 2.46. The summed E-state index contributed by atoms with van der Waals surface area (Å²) in [4.78, 5) is 10.1.